The summed E-state index contributed by atoms with van der Waals surface area (Å²) in [5.41, 5.74) is 2.08. The van der Waals surface area contributed by atoms with E-state index in [1.54, 1.807) is 6.33 Å². The molecule has 0 saturated carbocycles. The van der Waals surface area contributed by atoms with Gasteiger partial charge in [0.05, 0.1) is 17.5 Å². The molecule has 0 amide bonds. The van der Waals surface area contributed by atoms with E-state index in [-0.39, 0.29) is 0 Å². The Kier molecular flexibility index (Phi) is 2.20. The van der Waals surface area contributed by atoms with Crippen LogP contribution in [0.15, 0.2) is 24.7 Å². The van der Waals surface area contributed by atoms with Crippen molar-refractivity contribution in [3.63, 3.8) is 0 Å². The zero-order valence-electron chi connectivity index (χ0n) is 7.29. The average Bonchev–Trinajstić information content (AvgIpc) is 2.49. The van der Waals surface area contributed by atoms with Gasteiger partial charge in [-0.05, 0) is 19.2 Å². The Morgan fingerprint density at radius 1 is 1.62 bits per heavy atom. The summed E-state index contributed by atoms with van der Waals surface area (Å²) in [6.07, 6.45) is 3.70. The zero-order valence-corrected chi connectivity index (χ0v) is 8.04. The van der Waals surface area contributed by atoms with Gasteiger partial charge in [-0.1, -0.05) is 11.6 Å². The number of rotatable bonds is 2. The number of nitrogens with zero attached hydrogens (tertiary/aromatic N) is 2. The van der Waals surface area contributed by atoms with E-state index in [0.717, 1.165) is 22.8 Å². The lowest BCUT2D eigenvalue weighted by atomic mass is 10.3. The highest BCUT2D eigenvalue weighted by molar-refractivity contribution is 6.30. The van der Waals surface area contributed by atoms with Gasteiger partial charge in [-0.2, -0.15) is 0 Å². The summed E-state index contributed by atoms with van der Waals surface area (Å²) in [4.78, 5) is 4.27. The number of aromatic nitrogens is 2. The molecule has 0 aliphatic heterocycles. The van der Waals surface area contributed by atoms with Crippen LogP contribution in [0, 0.1) is 0 Å². The third-order valence-electron chi connectivity index (χ3n) is 1.92. The SMILES string of the molecule is CNCc1ncn2ccc(Cl)cc12. The molecule has 3 nitrogen and oxygen atoms in total. The molecule has 13 heavy (non-hydrogen) atoms. The molecule has 4 heteroatoms. The molecule has 0 radical (unpaired) electrons. The Bertz CT molecular complexity index is 422. The van der Waals surface area contributed by atoms with E-state index >= 15 is 0 Å². The first-order valence-electron chi connectivity index (χ1n) is 4.07. The summed E-state index contributed by atoms with van der Waals surface area (Å²) >= 11 is 5.89. The fourth-order valence-electron chi connectivity index (χ4n) is 1.32. The average molecular weight is 196 g/mol. The summed E-state index contributed by atoms with van der Waals surface area (Å²) < 4.78 is 1.96. The molecular weight excluding hydrogens is 186 g/mol. The molecular formula is C9H10ClN3. The third kappa shape index (κ3) is 1.53. The molecule has 1 N–H and O–H groups in total. The van der Waals surface area contributed by atoms with Crippen molar-refractivity contribution in [1.82, 2.24) is 14.7 Å². The number of nitrogens with one attached hydrogen (secondary N) is 1. The molecule has 0 unspecified atom stereocenters. The van der Waals surface area contributed by atoms with E-state index < -0.39 is 0 Å². The quantitative estimate of drug-likeness (QED) is 0.791. The highest BCUT2D eigenvalue weighted by Crippen LogP contribution is 2.15. The van der Waals surface area contributed by atoms with Crippen LogP contribution >= 0.6 is 11.6 Å². The molecule has 68 valence electrons. The Hall–Kier alpha value is -1.06. The molecule has 2 heterocycles. The van der Waals surface area contributed by atoms with Gasteiger partial charge in [-0.3, -0.25) is 0 Å². The van der Waals surface area contributed by atoms with Crippen LogP contribution in [0.5, 0.6) is 0 Å². The van der Waals surface area contributed by atoms with Crippen molar-refractivity contribution in [1.29, 1.82) is 0 Å². The van der Waals surface area contributed by atoms with Crippen molar-refractivity contribution in [2.75, 3.05) is 7.05 Å². The van der Waals surface area contributed by atoms with Gasteiger partial charge in [0.25, 0.3) is 0 Å². The summed E-state index contributed by atoms with van der Waals surface area (Å²) in [7, 11) is 1.90. The maximum absolute atomic E-state index is 5.89. The van der Waals surface area contributed by atoms with Crippen molar-refractivity contribution in [3.8, 4) is 0 Å². The molecule has 0 fully saturated rings. The summed E-state index contributed by atoms with van der Waals surface area (Å²) in [5.74, 6) is 0. The molecule has 0 saturated heterocycles. The molecule has 0 aromatic carbocycles. The van der Waals surface area contributed by atoms with Gasteiger partial charge < -0.3 is 9.72 Å². The van der Waals surface area contributed by atoms with E-state index in [9.17, 15) is 0 Å². The molecule has 0 spiro atoms. The second-order valence-electron chi connectivity index (χ2n) is 2.86. The summed E-state index contributed by atoms with van der Waals surface area (Å²) in [5, 5.41) is 3.80. The third-order valence-corrected chi connectivity index (χ3v) is 2.16. The first-order chi connectivity index (χ1) is 6.31. The topological polar surface area (TPSA) is 29.3 Å². The first-order valence-corrected chi connectivity index (χ1v) is 4.45. The number of hydrogen-bond donors (Lipinski definition) is 1. The maximum Gasteiger partial charge on any atom is 0.0996 e. The lowest BCUT2D eigenvalue weighted by Gasteiger charge is -1.97. The van der Waals surface area contributed by atoms with Crippen molar-refractivity contribution in [3.05, 3.63) is 35.4 Å². The summed E-state index contributed by atoms with van der Waals surface area (Å²) in [6, 6.07) is 3.76. The van der Waals surface area contributed by atoms with E-state index in [4.69, 9.17) is 11.6 Å². The van der Waals surface area contributed by atoms with Crippen LogP contribution in [0.4, 0.5) is 0 Å². The van der Waals surface area contributed by atoms with Gasteiger partial charge >= 0.3 is 0 Å². The van der Waals surface area contributed by atoms with Crippen LogP contribution in [0.25, 0.3) is 5.52 Å². The fraction of sp³-hybridized carbons (Fsp3) is 0.222. The number of pyridine rings is 1. The van der Waals surface area contributed by atoms with Crippen molar-refractivity contribution >= 4 is 17.1 Å². The number of hydrogen-bond acceptors (Lipinski definition) is 2. The number of halogens is 1. The molecule has 0 bridgehead atoms. The van der Waals surface area contributed by atoms with Crippen LogP contribution in [0.1, 0.15) is 5.69 Å². The van der Waals surface area contributed by atoms with Crippen LogP contribution in [-0.2, 0) is 6.54 Å². The zero-order chi connectivity index (χ0) is 9.26. The van der Waals surface area contributed by atoms with Gasteiger partial charge in [0.2, 0.25) is 0 Å². The van der Waals surface area contributed by atoms with Crippen LogP contribution < -0.4 is 5.32 Å². The minimum atomic E-state index is 0.741. The lowest BCUT2D eigenvalue weighted by Crippen LogP contribution is -2.05. The van der Waals surface area contributed by atoms with Crippen LogP contribution in [-0.4, -0.2) is 16.4 Å². The van der Waals surface area contributed by atoms with Gasteiger partial charge in [-0.25, -0.2) is 4.98 Å². The Morgan fingerprint density at radius 3 is 3.23 bits per heavy atom. The van der Waals surface area contributed by atoms with Crippen molar-refractivity contribution in [2.24, 2.45) is 0 Å². The second-order valence-corrected chi connectivity index (χ2v) is 3.30. The molecule has 0 aliphatic rings. The Balaban J connectivity index is 2.58. The van der Waals surface area contributed by atoms with E-state index in [1.807, 2.05) is 29.8 Å². The molecule has 0 aliphatic carbocycles. The summed E-state index contributed by atoms with van der Waals surface area (Å²) in [6.45, 7) is 0.761. The minimum absolute atomic E-state index is 0.741. The van der Waals surface area contributed by atoms with Crippen molar-refractivity contribution < 1.29 is 0 Å². The molecule has 2 aromatic heterocycles. The van der Waals surface area contributed by atoms with E-state index in [2.05, 4.69) is 10.3 Å². The fourth-order valence-corrected chi connectivity index (χ4v) is 1.48. The standard InChI is InChI=1S/C9H10ClN3/c1-11-5-8-9-4-7(10)2-3-13(9)6-12-8/h2-4,6,11H,5H2,1H3. The Labute approximate surface area is 81.4 Å². The predicted molar refractivity (Wildman–Crippen MR) is 53.0 cm³/mol. The minimum Gasteiger partial charge on any atom is -0.314 e. The van der Waals surface area contributed by atoms with E-state index in [0.29, 0.717) is 0 Å². The smallest absolute Gasteiger partial charge is 0.0996 e. The number of imidazole rings is 1. The largest absolute Gasteiger partial charge is 0.314 e. The van der Waals surface area contributed by atoms with Crippen molar-refractivity contribution in [2.45, 2.75) is 6.54 Å². The second kappa shape index (κ2) is 3.36. The van der Waals surface area contributed by atoms with Gasteiger partial charge in [0, 0.05) is 17.8 Å². The highest BCUT2D eigenvalue weighted by atomic mass is 35.5. The highest BCUT2D eigenvalue weighted by Gasteiger charge is 2.02. The lowest BCUT2D eigenvalue weighted by molar-refractivity contribution is 0.802. The van der Waals surface area contributed by atoms with Gasteiger partial charge in [-0.15, -0.1) is 0 Å². The van der Waals surface area contributed by atoms with Gasteiger partial charge in [0.15, 0.2) is 0 Å². The van der Waals surface area contributed by atoms with Gasteiger partial charge in [0.1, 0.15) is 0 Å². The predicted octanol–water partition coefficient (Wildman–Crippen LogP) is 1.71. The van der Waals surface area contributed by atoms with Crippen LogP contribution in [0.3, 0.4) is 0 Å². The maximum atomic E-state index is 5.89. The monoisotopic (exact) mass is 195 g/mol. The van der Waals surface area contributed by atoms with E-state index in [1.165, 1.54) is 0 Å². The molecule has 2 aromatic rings. The first kappa shape index (κ1) is 8.53. The molecule has 0 atom stereocenters. The Morgan fingerprint density at radius 2 is 2.46 bits per heavy atom. The molecule has 2 rings (SSSR count). The normalized spacial score (nSPS) is 10.9. The number of fused-ring (bicyclic) bond motifs is 1. The van der Waals surface area contributed by atoms with Crippen LogP contribution in [0.2, 0.25) is 5.02 Å².